The van der Waals surface area contributed by atoms with E-state index in [0.29, 0.717) is 49.8 Å². The molecule has 0 unspecified atom stereocenters. The summed E-state index contributed by atoms with van der Waals surface area (Å²) in [7, 11) is 0. The number of halogens is 1. The van der Waals surface area contributed by atoms with Crippen molar-refractivity contribution in [2.24, 2.45) is 4.99 Å². The Morgan fingerprint density at radius 1 is 1.08 bits per heavy atom. The fourth-order valence-electron chi connectivity index (χ4n) is 5.51. The molecular formula is C29H25FN4O4. The first kappa shape index (κ1) is 22.9. The number of nitrogens with zero attached hydrogens (tertiary/aromatic N) is 4. The summed E-state index contributed by atoms with van der Waals surface area (Å²) in [5.74, 6) is -0.264. The largest absolute Gasteiger partial charge is 0.451 e. The average Bonchev–Trinajstić information content (AvgIpc) is 3.27. The van der Waals surface area contributed by atoms with Crippen molar-refractivity contribution in [3.63, 3.8) is 0 Å². The zero-order valence-electron chi connectivity index (χ0n) is 21.0. The van der Waals surface area contributed by atoms with Gasteiger partial charge < -0.3 is 23.8 Å². The van der Waals surface area contributed by atoms with Crippen LogP contribution in [0.5, 0.6) is 11.5 Å². The van der Waals surface area contributed by atoms with Crippen molar-refractivity contribution in [3.8, 4) is 17.2 Å². The molecule has 192 valence electrons. The van der Waals surface area contributed by atoms with E-state index in [1.54, 1.807) is 26.9 Å². The maximum atomic E-state index is 15.9. The van der Waals surface area contributed by atoms with Crippen molar-refractivity contribution in [1.29, 1.82) is 0 Å². The second-order valence-corrected chi connectivity index (χ2v) is 10.5. The molecule has 0 aliphatic carbocycles. The summed E-state index contributed by atoms with van der Waals surface area (Å²) in [4.78, 5) is 35.0. The van der Waals surface area contributed by atoms with Gasteiger partial charge in [0.25, 0.3) is 5.91 Å². The number of carbonyl (C=O) groups excluding carboxylic acids is 1. The molecule has 0 saturated carbocycles. The number of ether oxygens (including phenoxy) is 2. The molecule has 4 heterocycles. The number of hydrogen-bond acceptors (Lipinski definition) is 6. The van der Waals surface area contributed by atoms with Gasteiger partial charge in [-0.25, -0.2) is 4.39 Å². The Morgan fingerprint density at radius 3 is 2.53 bits per heavy atom. The van der Waals surface area contributed by atoms with Crippen LogP contribution in [-0.4, -0.2) is 60.1 Å². The molecule has 3 aliphatic rings. The predicted octanol–water partition coefficient (Wildman–Crippen LogP) is 4.49. The van der Waals surface area contributed by atoms with Gasteiger partial charge in [-0.1, -0.05) is 24.3 Å². The summed E-state index contributed by atoms with van der Waals surface area (Å²) in [5, 5.41) is 2.02. The molecule has 1 amide bonds. The lowest BCUT2D eigenvalue weighted by atomic mass is 10.0. The molecule has 0 spiro atoms. The van der Waals surface area contributed by atoms with Gasteiger partial charge in [0, 0.05) is 25.8 Å². The van der Waals surface area contributed by atoms with E-state index in [1.165, 1.54) is 6.07 Å². The van der Waals surface area contributed by atoms with Crippen LogP contribution in [0.1, 0.15) is 24.2 Å². The molecular weight excluding hydrogens is 487 g/mol. The lowest BCUT2D eigenvalue weighted by Gasteiger charge is -2.30. The number of morpholine rings is 1. The summed E-state index contributed by atoms with van der Waals surface area (Å²) in [5.41, 5.74) is 0.373. The van der Waals surface area contributed by atoms with Gasteiger partial charge in [0.1, 0.15) is 16.8 Å². The Balaban J connectivity index is 1.53. The number of benzene rings is 3. The molecule has 0 radical (unpaired) electrons. The van der Waals surface area contributed by atoms with E-state index in [9.17, 15) is 9.59 Å². The predicted molar refractivity (Wildman–Crippen MR) is 144 cm³/mol. The normalized spacial score (nSPS) is 17.7. The molecule has 4 aromatic rings. The molecule has 9 heteroatoms. The lowest BCUT2D eigenvalue weighted by Crippen LogP contribution is -2.42. The smallest absolute Gasteiger partial charge is 0.259 e. The minimum atomic E-state index is -0.611. The van der Waals surface area contributed by atoms with Gasteiger partial charge >= 0.3 is 0 Å². The zero-order valence-corrected chi connectivity index (χ0v) is 21.0. The van der Waals surface area contributed by atoms with E-state index in [0.717, 1.165) is 10.8 Å². The van der Waals surface area contributed by atoms with Gasteiger partial charge in [0.2, 0.25) is 5.43 Å². The number of hydrogen-bond donors (Lipinski definition) is 0. The van der Waals surface area contributed by atoms with Crippen molar-refractivity contribution in [3.05, 3.63) is 70.3 Å². The molecule has 0 N–H and O–H groups in total. The molecule has 8 nitrogen and oxygen atoms in total. The first-order valence-corrected chi connectivity index (χ1v) is 12.6. The van der Waals surface area contributed by atoms with Gasteiger partial charge in [-0.15, -0.1) is 0 Å². The monoisotopic (exact) mass is 512 g/mol. The first-order chi connectivity index (χ1) is 18.3. The third-order valence-corrected chi connectivity index (χ3v) is 7.39. The molecule has 3 aromatic carbocycles. The number of rotatable bonds is 2. The standard InChI is InChI=1S/C29H25FN4O4/c1-29(2)15-33(16-31-29)25-21(30)13-19-24-27(25)38-23-12-18-6-4-3-5-17(18)11-22(23)34(24)14-20(26(19)35)28(36)32-7-9-37-10-8-32/h3-6,11-14,16H,7-10,15H2,1-2H3. The van der Waals surface area contributed by atoms with Crippen LogP contribution in [0.2, 0.25) is 0 Å². The van der Waals surface area contributed by atoms with Crippen LogP contribution in [0.4, 0.5) is 10.1 Å². The maximum Gasteiger partial charge on any atom is 0.259 e. The lowest BCUT2D eigenvalue weighted by molar-refractivity contribution is 0.0302. The molecule has 7 rings (SSSR count). The fraction of sp³-hybridized carbons (Fsp3) is 0.276. The Kier molecular flexibility index (Phi) is 4.90. The highest BCUT2D eigenvalue weighted by molar-refractivity contribution is 6.03. The highest BCUT2D eigenvalue weighted by Crippen LogP contribution is 2.48. The van der Waals surface area contributed by atoms with Crippen LogP contribution in [0, 0.1) is 5.82 Å². The van der Waals surface area contributed by atoms with Gasteiger partial charge in [-0.05, 0) is 42.8 Å². The third kappa shape index (κ3) is 3.42. The SMILES string of the molecule is CC1(C)CN(c2c(F)cc3c(=O)c(C(=O)N4CCOCC4)cn4c3c2Oc2cc3ccccc3cc2-4)C=N1. The Bertz CT molecular complexity index is 1750. The van der Waals surface area contributed by atoms with E-state index in [2.05, 4.69) is 4.99 Å². The number of carbonyl (C=O) groups is 1. The van der Waals surface area contributed by atoms with Crippen molar-refractivity contribution in [2.75, 3.05) is 37.7 Å². The van der Waals surface area contributed by atoms with Crippen LogP contribution >= 0.6 is 0 Å². The van der Waals surface area contributed by atoms with Crippen LogP contribution in [0.25, 0.3) is 27.4 Å². The molecule has 1 saturated heterocycles. The zero-order chi connectivity index (χ0) is 26.2. The third-order valence-electron chi connectivity index (χ3n) is 7.39. The summed E-state index contributed by atoms with van der Waals surface area (Å²) in [6, 6.07) is 12.9. The van der Waals surface area contributed by atoms with E-state index >= 15 is 4.39 Å². The topological polar surface area (TPSA) is 76.4 Å². The quantitative estimate of drug-likeness (QED) is 0.349. The second kappa shape index (κ2) is 8.13. The van der Waals surface area contributed by atoms with E-state index < -0.39 is 22.7 Å². The molecule has 38 heavy (non-hydrogen) atoms. The van der Waals surface area contributed by atoms with Gasteiger partial charge in [-0.3, -0.25) is 14.6 Å². The summed E-state index contributed by atoms with van der Waals surface area (Å²) in [6.07, 6.45) is 3.19. The van der Waals surface area contributed by atoms with Crippen LogP contribution in [0.3, 0.4) is 0 Å². The minimum absolute atomic E-state index is 0.0117. The highest BCUT2D eigenvalue weighted by atomic mass is 19.1. The minimum Gasteiger partial charge on any atom is -0.451 e. The number of amides is 1. The fourth-order valence-corrected chi connectivity index (χ4v) is 5.51. The Morgan fingerprint density at radius 2 is 1.82 bits per heavy atom. The van der Waals surface area contributed by atoms with E-state index in [4.69, 9.17) is 9.47 Å². The van der Waals surface area contributed by atoms with Crippen LogP contribution in [0.15, 0.2) is 58.4 Å². The average molecular weight is 513 g/mol. The van der Waals surface area contributed by atoms with Gasteiger partial charge in [-0.2, -0.15) is 0 Å². The molecule has 1 aromatic heterocycles. The summed E-state index contributed by atoms with van der Waals surface area (Å²) >= 11 is 0. The Hall–Kier alpha value is -4.24. The molecule has 0 bridgehead atoms. The van der Waals surface area contributed by atoms with E-state index in [1.807, 2.05) is 50.2 Å². The van der Waals surface area contributed by atoms with E-state index in [-0.39, 0.29) is 22.4 Å². The van der Waals surface area contributed by atoms with Crippen molar-refractivity contribution >= 4 is 39.6 Å². The summed E-state index contributed by atoms with van der Waals surface area (Å²) in [6.45, 7) is 5.99. The maximum absolute atomic E-state index is 15.9. The molecule has 3 aliphatic heterocycles. The number of anilines is 1. The number of pyridine rings is 1. The van der Waals surface area contributed by atoms with Crippen LogP contribution < -0.4 is 15.1 Å². The summed E-state index contributed by atoms with van der Waals surface area (Å²) < 4.78 is 29.5. The van der Waals surface area contributed by atoms with Crippen LogP contribution in [-0.2, 0) is 4.74 Å². The number of fused-ring (bicyclic) bond motifs is 3. The highest BCUT2D eigenvalue weighted by Gasteiger charge is 2.35. The van der Waals surface area contributed by atoms with Crippen molar-refractivity contribution in [2.45, 2.75) is 19.4 Å². The molecule has 1 fully saturated rings. The Labute approximate surface area is 217 Å². The van der Waals surface area contributed by atoms with Gasteiger partial charge in [0.05, 0.1) is 36.2 Å². The number of aliphatic imine (C=N–C) groups is 1. The second-order valence-electron chi connectivity index (χ2n) is 10.5. The first-order valence-electron chi connectivity index (χ1n) is 12.6. The molecule has 0 atom stereocenters. The van der Waals surface area contributed by atoms with Crippen molar-refractivity contribution < 1.29 is 18.7 Å². The van der Waals surface area contributed by atoms with Crippen molar-refractivity contribution in [1.82, 2.24) is 9.47 Å². The van der Waals surface area contributed by atoms with Gasteiger partial charge in [0.15, 0.2) is 17.3 Å². The number of aromatic nitrogens is 1.